The molecule has 0 aliphatic rings. The van der Waals surface area contributed by atoms with Gasteiger partial charge in [0.05, 0.1) is 5.69 Å². The number of carbonyl (C=O) groups excluding carboxylic acids is 1. The van der Waals surface area contributed by atoms with Crippen molar-refractivity contribution in [2.24, 2.45) is 0 Å². The summed E-state index contributed by atoms with van der Waals surface area (Å²) in [5.74, 6) is -0.0779. The fraction of sp³-hybridized carbons (Fsp3) is 0.111. The van der Waals surface area contributed by atoms with E-state index in [4.69, 9.17) is 16.6 Å². The molecule has 3 nitrogen and oxygen atoms in total. The molecule has 5 heteroatoms. The van der Waals surface area contributed by atoms with Crippen molar-refractivity contribution in [3.05, 3.63) is 58.4 Å². The van der Waals surface area contributed by atoms with Gasteiger partial charge in [0.25, 0.3) is 0 Å². The van der Waals surface area contributed by atoms with E-state index in [1.54, 1.807) is 11.3 Å². The number of benzene rings is 2. The van der Waals surface area contributed by atoms with Gasteiger partial charge in [-0.3, -0.25) is 4.79 Å². The summed E-state index contributed by atoms with van der Waals surface area (Å²) in [5, 5.41) is 4.42. The molecule has 0 aliphatic heterocycles. The monoisotopic (exact) mass is 342 g/mol. The molecule has 0 spiro atoms. The average Bonchev–Trinajstić information content (AvgIpc) is 2.89. The van der Waals surface area contributed by atoms with E-state index in [-0.39, 0.29) is 5.91 Å². The fourth-order valence-corrected chi connectivity index (χ4v) is 3.45. The quantitative estimate of drug-likeness (QED) is 0.692. The highest BCUT2D eigenvalue weighted by Gasteiger charge is 2.11. The second kappa shape index (κ2) is 6.52. The van der Waals surface area contributed by atoms with Crippen molar-refractivity contribution < 1.29 is 4.79 Å². The summed E-state index contributed by atoms with van der Waals surface area (Å²) in [5.41, 5.74) is 3.79. The third kappa shape index (κ3) is 3.60. The van der Waals surface area contributed by atoms with Crippen LogP contribution in [0.4, 0.5) is 5.69 Å². The molecule has 0 atom stereocenters. The van der Waals surface area contributed by atoms with Crippen LogP contribution >= 0.6 is 22.9 Å². The Morgan fingerprint density at radius 3 is 2.52 bits per heavy atom. The minimum Gasteiger partial charge on any atom is -0.326 e. The van der Waals surface area contributed by atoms with Crippen LogP contribution in [0.15, 0.2) is 48.5 Å². The average molecular weight is 343 g/mol. The zero-order chi connectivity index (χ0) is 16.4. The largest absolute Gasteiger partial charge is 0.326 e. The highest BCUT2D eigenvalue weighted by atomic mass is 35.5. The van der Waals surface area contributed by atoms with Gasteiger partial charge < -0.3 is 5.32 Å². The van der Waals surface area contributed by atoms with E-state index in [9.17, 15) is 4.79 Å². The molecule has 116 valence electrons. The third-order valence-corrected chi connectivity index (χ3v) is 4.60. The molecule has 3 rings (SSSR count). The Bertz CT molecular complexity index is 856. The predicted octanol–water partition coefficient (Wildman–Crippen LogP) is 5.40. The number of hydrogen-bond acceptors (Lipinski definition) is 3. The van der Waals surface area contributed by atoms with Crippen molar-refractivity contribution in [2.75, 3.05) is 5.32 Å². The molecule has 0 aliphatic carbocycles. The summed E-state index contributed by atoms with van der Waals surface area (Å²) < 4.78 is 0. The van der Waals surface area contributed by atoms with Crippen LogP contribution in [-0.4, -0.2) is 10.9 Å². The first-order valence-electron chi connectivity index (χ1n) is 7.14. The molecular formula is C18H15ClN2OS. The van der Waals surface area contributed by atoms with E-state index >= 15 is 0 Å². The number of aryl methyl sites for hydroxylation is 1. The van der Waals surface area contributed by atoms with Gasteiger partial charge in [-0.25, -0.2) is 4.98 Å². The van der Waals surface area contributed by atoms with Crippen LogP contribution in [0.1, 0.15) is 11.8 Å². The molecular weight excluding hydrogens is 328 g/mol. The zero-order valence-electron chi connectivity index (χ0n) is 12.8. The zero-order valence-corrected chi connectivity index (χ0v) is 14.3. The maximum Gasteiger partial charge on any atom is 0.221 e. The van der Waals surface area contributed by atoms with Crippen LogP contribution in [0.25, 0.3) is 21.8 Å². The number of amides is 1. The lowest BCUT2D eigenvalue weighted by atomic mass is 10.1. The lowest BCUT2D eigenvalue weighted by Crippen LogP contribution is -2.05. The van der Waals surface area contributed by atoms with Crippen molar-refractivity contribution in [3.63, 3.8) is 0 Å². The molecule has 0 radical (unpaired) electrons. The molecule has 0 saturated heterocycles. The molecule has 0 fully saturated rings. The molecule has 3 aromatic rings. The maximum absolute atomic E-state index is 11.1. The Morgan fingerprint density at radius 2 is 1.87 bits per heavy atom. The molecule has 2 aromatic carbocycles. The Morgan fingerprint density at radius 1 is 1.13 bits per heavy atom. The highest BCUT2D eigenvalue weighted by Crippen LogP contribution is 2.34. The second-order valence-electron chi connectivity index (χ2n) is 5.19. The van der Waals surface area contributed by atoms with Crippen LogP contribution in [-0.2, 0) is 4.79 Å². The molecule has 0 saturated carbocycles. The van der Waals surface area contributed by atoms with Crippen molar-refractivity contribution in [3.8, 4) is 21.8 Å². The Labute approximate surface area is 144 Å². The van der Waals surface area contributed by atoms with Crippen LogP contribution < -0.4 is 5.32 Å². The van der Waals surface area contributed by atoms with Crippen molar-refractivity contribution >= 4 is 34.5 Å². The number of halogens is 1. The topological polar surface area (TPSA) is 42.0 Å². The number of rotatable bonds is 3. The summed E-state index contributed by atoms with van der Waals surface area (Å²) in [4.78, 5) is 17.0. The summed E-state index contributed by atoms with van der Waals surface area (Å²) in [6.07, 6.45) is 0. The van der Waals surface area contributed by atoms with Crippen LogP contribution in [0, 0.1) is 6.92 Å². The summed E-state index contributed by atoms with van der Waals surface area (Å²) in [6.45, 7) is 3.55. The van der Waals surface area contributed by atoms with E-state index < -0.39 is 0 Å². The number of nitrogens with one attached hydrogen (secondary N) is 1. The summed E-state index contributed by atoms with van der Waals surface area (Å²) in [6, 6.07) is 15.4. The fourth-order valence-electron chi connectivity index (χ4n) is 2.32. The minimum atomic E-state index is -0.0779. The van der Waals surface area contributed by atoms with Crippen molar-refractivity contribution in [2.45, 2.75) is 13.8 Å². The van der Waals surface area contributed by atoms with Crippen LogP contribution in [0.2, 0.25) is 5.02 Å². The molecule has 0 unspecified atom stereocenters. The minimum absolute atomic E-state index is 0.0779. The standard InChI is InChI=1S/C18H15ClN2OS/c1-11-17(13-6-8-16(9-7-13)20-12(2)22)21-18(23-11)14-4-3-5-15(19)10-14/h3-10H,1-2H3,(H,20,22). The van der Waals surface area contributed by atoms with Gasteiger partial charge in [-0.15, -0.1) is 11.3 Å². The Hall–Kier alpha value is -2.17. The number of carbonyl (C=O) groups is 1. The van der Waals surface area contributed by atoms with E-state index in [2.05, 4.69) is 12.2 Å². The van der Waals surface area contributed by atoms with E-state index in [0.717, 1.165) is 32.4 Å². The van der Waals surface area contributed by atoms with E-state index in [1.807, 2.05) is 48.5 Å². The number of aromatic nitrogens is 1. The van der Waals surface area contributed by atoms with Crippen LogP contribution in [0.5, 0.6) is 0 Å². The molecule has 23 heavy (non-hydrogen) atoms. The lowest BCUT2D eigenvalue weighted by molar-refractivity contribution is -0.114. The van der Waals surface area contributed by atoms with Gasteiger partial charge in [-0.2, -0.15) is 0 Å². The predicted molar refractivity (Wildman–Crippen MR) is 97.0 cm³/mol. The maximum atomic E-state index is 11.1. The normalized spacial score (nSPS) is 10.6. The molecule has 1 aromatic heterocycles. The van der Waals surface area contributed by atoms with Gasteiger partial charge in [0, 0.05) is 33.6 Å². The van der Waals surface area contributed by atoms with E-state index in [0.29, 0.717) is 5.02 Å². The summed E-state index contributed by atoms with van der Waals surface area (Å²) in [7, 11) is 0. The van der Waals surface area contributed by atoms with Gasteiger partial charge >= 0.3 is 0 Å². The number of hydrogen-bond donors (Lipinski definition) is 1. The molecule has 1 heterocycles. The first-order chi connectivity index (χ1) is 11.0. The molecule has 1 amide bonds. The second-order valence-corrected chi connectivity index (χ2v) is 6.83. The number of anilines is 1. The van der Waals surface area contributed by atoms with Gasteiger partial charge in [-0.1, -0.05) is 35.9 Å². The van der Waals surface area contributed by atoms with Gasteiger partial charge in [0.1, 0.15) is 5.01 Å². The SMILES string of the molecule is CC(=O)Nc1ccc(-c2nc(-c3cccc(Cl)c3)sc2C)cc1. The van der Waals surface area contributed by atoms with E-state index in [1.165, 1.54) is 6.92 Å². The Kier molecular flexibility index (Phi) is 4.46. The van der Waals surface area contributed by atoms with Crippen LogP contribution in [0.3, 0.4) is 0 Å². The van der Waals surface area contributed by atoms with Gasteiger partial charge in [-0.05, 0) is 31.2 Å². The first-order valence-corrected chi connectivity index (χ1v) is 8.34. The highest BCUT2D eigenvalue weighted by molar-refractivity contribution is 7.15. The van der Waals surface area contributed by atoms with Crippen molar-refractivity contribution in [1.29, 1.82) is 0 Å². The smallest absolute Gasteiger partial charge is 0.221 e. The Balaban J connectivity index is 1.93. The van der Waals surface area contributed by atoms with Gasteiger partial charge in [0.15, 0.2) is 0 Å². The number of thiazole rings is 1. The van der Waals surface area contributed by atoms with Crippen molar-refractivity contribution in [1.82, 2.24) is 4.98 Å². The lowest BCUT2D eigenvalue weighted by Gasteiger charge is -2.03. The summed E-state index contributed by atoms with van der Waals surface area (Å²) >= 11 is 7.71. The number of nitrogens with zero attached hydrogens (tertiary/aromatic N) is 1. The molecule has 1 N–H and O–H groups in total. The molecule has 0 bridgehead atoms. The van der Waals surface area contributed by atoms with Gasteiger partial charge in [0.2, 0.25) is 5.91 Å². The first kappa shape index (κ1) is 15.7. The third-order valence-electron chi connectivity index (χ3n) is 3.35.